The molecule has 38 heavy (non-hydrogen) atoms. The third-order valence-electron chi connectivity index (χ3n) is 5.73. The average molecular weight is 559 g/mol. The fraction of sp³-hybridized carbons (Fsp3) is 0.107. The third kappa shape index (κ3) is 6.00. The number of rotatable bonds is 7. The maximum atomic E-state index is 13.8. The summed E-state index contributed by atoms with van der Waals surface area (Å²) in [5, 5.41) is 2.13. The van der Waals surface area contributed by atoms with Crippen LogP contribution in [0, 0.1) is 6.92 Å². The van der Waals surface area contributed by atoms with Crippen molar-refractivity contribution in [3.8, 4) is 0 Å². The molecule has 1 N–H and O–H groups in total. The summed E-state index contributed by atoms with van der Waals surface area (Å²) < 4.78 is 69.6. The van der Waals surface area contributed by atoms with Gasteiger partial charge in [-0.2, -0.15) is 13.2 Å². The summed E-state index contributed by atoms with van der Waals surface area (Å²) in [5.74, 6) is -0.911. The van der Waals surface area contributed by atoms with E-state index in [1.165, 1.54) is 36.4 Å². The molecule has 4 aromatic rings. The standard InChI is InChI=1S/C28H22ClF3N2O3S/c1-19-11-14-22(15-12-19)38(36,37)34(18-20-7-3-2-4-8-20)26-10-6-5-9-23(26)27(35)33-25-16-13-21(29)17-24(25)28(30,31)32/h2-17H,18H2,1H3,(H,33,35). The van der Waals surface area contributed by atoms with Crippen LogP contribution in [0.5, 0.6) is 0 Å². The normalized spacial score (nSPS) is 11.7. The van der Waals surface area contributed by atoms with Crippen molar-refractivity contribution >= 4 is 38.9 Å². The molecule has 0 heterocycles. The van der Waals surface area contributed by atoms with Gasteiger partial charge in [0.25, 0.3) is 15.9 Å². The molecule has 0 bridgehead atoms. The molecule has 1 amide bonds. The fourth-order valence-electron chi connectivity index (χ4n) is 3.82. The molecule has 10 heteroatoms. The fourth-order valence-corrected chi connectivity index (χ4v) is 5.46. The summed E-state index contributed by atoms with van der Waals surface area (Å²) in [5.41, 5.74) is -0.224. The van der Waals surface area contributed by atoms with Gasteiger partial charge in [0.05, 0.1) is 33.9 Å². The number of nitrogens with one attached hydrogen (secondary N) is 1. The van der Waals surface area contributed by atoms with E-state index in [4.69, 9.17) is 11.6 Å². The van der Waals surface area contributed by atoms with Crippen LogP contribution in [-0.2, 0) is 22.7 Å². The molecule has 0 fully saturated rings. The number of hydrogen-bond donors (Lipinski definition) is 1. The number of amides is 1. The molecule has 0 aliphatic heterocycles. The smallest absolute Gasteiger partial charge is 0.321 e. The van der Waals surface area contributed by atoms with E-state index in [1.54, 1.807) is 48.5 Å². The zero-order chi connectivity index (χ0) is 27.5. The summed E-state index contributed by atoms with van der Waals surface area (Å²) in [6.07, 6.45) is -4.78. The van der Waals surface area contributed by atoms with E-state index in [0.29, 0.717) is 11.6 Å². The van der Waals surface area contributed by atoms with Gasteiger partial charge in [0.15, 0.2) is 0 Å². The Kier molecular flexibility index (Phi) is 7.80. The first-order valence-corrected chi connectivity index (χ1v) is 13.2. The SMILES string of the molecule is Cc1ccc(S(=O)(=O)N(Cc2ccccc2)c2ccccc2C(=O)Nc2ccc(Cl)cc2C(F)(F)F)cc1. The Labute approximate surface area is 223 Å². The minimum absolute atomic E-state index is 0.00583. The third-order valence-corrected chi connectivity index (χ3v) is 7.74. The highest BCUT2D eigenvalue weighted by molar-refractivity contribution is 7.92. The molecule has 0 unspecified atom stereocenters. The lowest BCUT2D eigenvalue weighted by Gasteiger charge is -2.27. The van der Waals surface area contributed by atoms with Crippen molar-refractivity contribution in [1.29, 1.82) is 0 Å². The van der Waals surface area contributed by atoms with Gasteiger partial charge < -0.3 is 5.32 Å². The van der Waals surface area contributed by atoms with Gasteiger partial charge in [0.2, 0.25) is 0 Å². The summed E-state index contributed by atoms with van der Waals surface area (Å²) in [6, 6.07) is 23.9. The van der Waals surface area contributed by atoms with Crippen molar-refractivity contribution in [1.82, 2.24) is 0 Å². The van der Waals surface area contributed by atoms with Crippen LogP contribution in [0.15, 0.2) is 102 Å². The predicted octanol–water partition coefficient (Wildman–Crippen LogP) is 7.32. The van der Waals surface area contributed by atoms with Crippen molar-refractivity contribution in [3.63, 3.8) is 0 Å². The molecule has 0 aliphatic rings. The number of aryl methyl sites for hydroxylation is 1. The van der Waals surface area contributed by atoms with Gasteiger partial charge in [-0.25, -0.2) is 8.42 Å². The van der Waals surface area contributed by atoms with Crippen LogP contribution in [0.1, 0.15) is 27.0 Å². The Morgan fingerprint density at radius 2 is 1.53 bits per heavy atom. The number of nitrogens with zero attached hydrogens (tertiary/aromatic N) is 1. The van der Waals surface area contributed by atoms with Crippen LogP contribution in [0.25, 0.3) is 0 Å². The zero-order valence-corrected chi connectivity index (χ0v) is 21.6. The Bertz CT molecular complexity index is 1560. The Morgan fingerprint density at radius 3 is 2.18 bits per heavy atom. The number of sulfonamides is 1. The first-order valence-electron chi connectivity index (χ1n) is 11.4. The second-order valence-electron chi connectivity index (χ2n) is 8.47. The van der Waals surface area contributed by atoms with Gasteiger partial charge in [-0.1, -0.05) is 71.8 Å². The van der Waals surface area contributed by atoms with Crippen molar-refractivity contribution in [3.05, 3.63) is 124 Å². The molecule has 0 aliphatic carbocycles. The Hall–Kier alpha value is -3.82. The van der Waals surface area contributed by atoms with Crippen LogP contribution in [-0.4, -0.2) is 14.3 Å². The molecular formula is C28H22ClF3N2O3S. The molecule has 0 saturated carbocycles. The molecule has 0 spiro atoms. The number of anilines is 2. The van der Waals surface area contributed by atoms with E-state index in [-0.39, 0.29) is 27.7 Å². The number of carbonyl (C=O) groups is 1. The first-order chi connectivity index (χ1) is 18.0. The molecule has 4 rings (SSSR count). The summed E-state index contributed by atoms with van der Waals surface area (Å²) >= 11 is 5.75. The molecule has 0 radical (unpaired) electrons. The van der Waals surface area contributed by atoms with Gasteiger partial charge in [0.1, 0.15) is 0 Å². The molecule has 0 saturated heterocycles. The molecule has 4 aromatic carbocycles. The Balaban J connectivity index is 1.80. The first kappa shape index (κ1) is 27.2. The van der Waals surface area contributed by atoms with E-state index in [9.17, 15) is 26.4 Å². The van der Waals surface area contributed by atoms with Crippen LogP contribution in [0.2, 0.25) is 5.02 Å². The molecule has 196 valence electrons. The van der Waals surface area contributed by atoms with E-state index in [1.807, 2.05) is 6.92 Å². The zero-order valence-electron chi connectivity index (χ0n) is 20.0. The van der Waals surface area contributed by atoms with Crippen LogP contribution >= 0.6 is 11.6 Å². The number of benzene rings is 4. The Morgan fingerprint density at radius 1 is 0.895 bits per heavy atom. The lowest BCUT2D eigenvalue weighted by Crippen LogP contribution is -2.32. The van der Waals surface area contributed by atoms with Gasteiger partial charge >= 0.3 is 6.18 Å². The molecule has 0 atom stereocenters. The van der Waals surface area contributed by atoms with Crippen molar-refractivity contribution < 1.29 is 26.4 Å². The maximum Gasteiger partial charge on any atom is 0.418 e. The maximum absolute atomic E-state index is 13.8. The van der Waals surface area contributed by atoms with E-state index < -0.39 is 33.4 Å². The van der Waals surface area contributed by atoms with Gasteiger partial charge in [0, 0.05) is 5.02 Å². The second-order valence-corrected chi connectivity index (χ2v) is 10.8. The lowest BCUT2D eigenvalue weighted by molar-refractivity contribution is -0.136. The van der Waals surface area contributed by atoms with E-state index in [2.05, 4.69) is 5.32 Å². The second kappa shape index (κ2) is 10.9. The molecule has 5 nitrogen and oxygen atoms in total. The van der Waals surface area contributed by atoms with Gasteiger partial charge in [-0.15, -0.1) is 0 Å². The van der Waals surface area contributed by atoms with Crippen LogP contribution in [0.3, 0.4) is 0 Å². The number of hydrogen-bond acceptors (Lipinski definition) is 3. The van der Waals surface area contributed by atoms with Crippen molar-refractivity contribution in [2.24, 2.45) is 0 Å². The minimum Gasteiger partial charge on any atom is -0.321 e. The monoisotopic (exact) mass is 558 g/mol. The number of alkyl halides is 3. The largest absolute Gasteiger partial charge is 0.418 e. The van der Waals surface area contributed by atoms with Crippen molar-refractivity contribution in [2.45, 2.75) is 24.5 Å². The average Bonchev–Trinajstić information content (AvgIpc) is 2.88. The number of halogens is 4. The molecule has 0 aromatic heterocycles. The van der Waals surface area contributed by atoms with Gasteiger partial charge in [-0.3, -0.25) is 9.10 Å². The topological polar surface area (TPSA) is 66.5 Å². The summed E-state index contributed by atoms with van der Waals surface area (Å²) in [7, 11) is -4.18. The van der Waals surface area contributed by atoms with Crippen LogP contribution < -0.4 is 9.62 Å². The summed E-state index contributed by atoms with van der Waals surface area (Å²) in [4.78, 5) is 13.3. The number of carbonyl (C=O) groups excluding carboxylic acids is 1. The van der Waals surface area contributed by atoms with Crippen molar-refractivity contribution in [2.75, 3.05) is 9.62 Å². The highest BCUT2D eigenvalue weighted by Crippen LogP contribution is 2.37. The van der Waals surface area contributed by atoms with E-state index in [0.717, 1.165) is 15.9 Å². The quantitative estimate of drug-likeness (QED) is 0.258. The highest BCUT2D eigenvalue weighted by atomic mass is 35.5. The van der Waals surface area contributed by atoms with E-state index >= 15 is 0 Å². The number of para-hydroxylation sites is 1. The lowest BCUT2D eigenvalue weighted by atomic mass is 10.1. The molecular weight excluding hydrogens is 537 g/mol. The van der Waals surface area contributed by atoms with Crippen LogP contribution in [0.4, 0.5) is 24.5 Å². The predicted molar refractivity (Wildman–Crippen MR) is 142 cm³/mol. The minimum atomic E-state index is -4.78. The highest BCUT2D eigenvalue weighted by Gasteiger charge is 2.35. The van der Waals surface area contributed by atoms with Gasteiger partial charge in [-0.05, 0) is 55.0 Å². The summed E-state index contributed by atoms with van der Waals surface area (Å²) in [6.45, 7) is 1.71.